The van der Waals surface area contributed by atoms with Crippen molar-refractivity contribution in [3.05, 3.63) is 90.1 Å². The van der Waals surface area contributed by atoms with Gasteiger partial charge in [0.15, 0.2) is 0 Å². The number of aromatic nitrogens is 4. The average molecular weight is 811 g/mol. The second-order valence-corrected chi connectivity index (χ2v) is 21.9. The van der Waals surface area contributed by atoms with Crippen LogP contribution in [0.2, 0.25) is 0 Å². The first-order chi connectivity index (χ1) is 26.7. The van der Waals surface area contributed by atoms with Gasteiger partial charge in [0.25, 0.3) is 11.1 Å². The Kier molecular flexibility index (Phi) is 7.16. The Labute approximate surface area is 339 Å². The molecule has 0 bridgehead atoms. The van der Waals surface area contributed by atoms with Gasteiger partial charge in [-0.3, -0.25) is 18.4 Å². The van der Waals surface area contributed by atoms with Crippen LogP contribution >= 0.6 is 45.3 Å². The number of benzene rings is 2. The number of imidazole rings is 2. The Morgan fingerprint density at radius 1 is 0.625 bits per heavy atom. The molecule has 10 aromatic rings. The van der Waals surface area contributed by atoms with Gasteiger partial charge in [-0.15, -0.1) is 45.3 Å². The second-order valence-electron chi connectivity index (χ2n) is 17.7. The molecule has 0 spiro atoms. The standard InChI is InChI=1S/C46H42N4O2S4/c1-9-11-12-17-45(5,6)32-19-27-37(55-32)36-26(46(27,7)8)18-30(53-36)31-20-28-40(54-31)47-38-22-13-14-23-35-25(16-15-24(34(22)35)42(51)49(28)38)43(52)50-29-21-33(44(3,4)10-2)56-41(29)48-39(23)50/h13-16,18-21H,9-12,17H2,1-8H3. The van der Waals surface area contributed by atoms with Crippen LogP contribution in [0.4, 0.5) is 0 Å². The first kappa shape index (κ1) is 35.0. The Hall–Kier alpha value is -4.22. The lowest BCUT2D eigenvalue weighted by Gasteiger charge is -2.24. The third-order valence-electron chi connectivity index (χ3n) is 13.1. The van der Waals surface area contributed by atoms with Gasteiger partial charge in [-0.1, -0.05) is 74.7 Å². The lowest BCUT2D eigenvalue weighted by Crippen LogP contribution is -2.17. The van der Waals surface area contributed by atoms with Gasteiger partial charge in [0, 0.05) is 67.0 Å². The summed E-state index contributed by atoms with van der Waals surface area (Å²) in [5.74, 6) is 0. The smallest absolute Gasteiger partial charge is 0.264 e. The van der Waals surface area contributed by atoms with Crippen molar-refractivity contribution < 1.29 is 0 Å². The number of nitrogens with zero attached hydrogens (tertiary/aromatic N) is 4. The maximum Gasteiger partial charge on any atom is 0.264 e. The van der Waals surface area contributed by atoms with Crippen LogP contribution in [-0.4, -0.2) is 18.8 Å². The van der Waals surface area contributed by atoms with Crippen LogP contribution in [0.1, 0.15) is 108 Å². The Morgan fingerprint density at radius 2 is 1.16 bits per heavy atom. The van der Waals surface area contributed by atoms with Crippen LogP contribution in [0.25, 0.3) is 83.8 Å². The van der Waals surface area contributed by atoms with E-state index in [1.165, 1.54) is 61.2 Å². The molecule has 11 rings (SSSR count). The molecular weight excluding hydrogens is 769 g/mol. The summed E-state index contributed by atoms with van der Waals surface area (Å²) < 4.78 is 3.57. The minimum atomic E-state index is -0.107. The quantitative estimate of drug-likeness (QED) is 0.113. The second kappa shape index (κ2) is 11.5. The van der Waals surface area contributed by atoms with E-state index in [1.807, 2.05) is 34.8 Å². The van der Waals surface area contributed by atoms with Gasteiger partial charge in [-0.2, -0.15) is 0 Å². The fourth-order valence-electron chi connectivity index (χ4n) is 9.20. The molecule has 0 amide bonds. The number of hydrogen-bond donors (Lipinski definition) is 0. The first-order valence-corrected chi connectivity index (χ1v) is 23.0. The zero-order chi connectivity index (χ0) is 38.8. The van der Waals surface area contributed by atoms with Crippen LogP contribution in [0.5, 0.6) is 0 Å². The topological polar surface area (TPSA) is 68.7 Å². The SMILES string of the molecule is CCCCCC(C)(C)c1cc2c(s1)-c1sc(-c3cc4c(nc5c6ccc7c8c(ccc(c(=O)n45)c68)c(=O)n4c5cc(C(C)(C)CC)sc5nc74)s3)cc1C2(C)C. The number of rotatable bonds is 8. The van der Waals surface area contributed by atoms with Crippen molar-refractivity contribution in [2.75, 3.05) is 0 Å². The molecule has 10 heteroatoms. The van der Waals surface area contributed by atoms with Crippen LogP contribution in [0.15, 0.2) is 58.1 Å². The predicted molar refractivity (Wildman–Crippen MR) is 241 cm³/mol. The number of pyridine rings is 2. The van der Waals surface area contributed by atoms with E-state index in [1.54, 1.807) is 31.5 Å². The third kappa shape index (κ3) is 4.47. The van der Waals surface area contributed by atoms with E-state index in [0.717, 1.165) is 53.5 Å². The van der Waals surface area contributed by atoms with Gasteiger partial charge >= 0.3 is 0 Å². The largest absolute Gasteiger partial charge is 0.268 e. The van der Waals surface area contributed by atoms with Crippen LogP contribution in [0, 0.1) is 0 Å². The fraction of sp³-hybridized carbons (Fsp3) is 0.348. The van der Waals surface area contributed by atoms with Gasteiger partial charge < -0.3 is 0 Å². The maximum atomic E-state index is 14.6. The van der Waals surface area contributed by atoms with E-state index in [-0.39, 0.29) is 27.4 Å². The number of hydrogen-bond acceptors (Lipinski definition) is 8. The van der Waals surface area contributed by atoms with Crippen LogP contribution in [0.3, 0.4) is 0 Å². The molecule has 0 saturated heterocycles. The molecule has 0 unspecified atom stereocenters. The van der Waals surface area contributed by atoms with Gasteiger partial charge in [-0.05, 0) is 83.3 Å². The van der Waals surface area contributed by atoms with E-state index in [0.29, 0.717) is 22.1 Å². The molecule has 6 nitrogen and oxygen atoms in total. The average Bonchev–Trinajstić information content (AvgIpc) is 4.01. The van der Waals surface area contributed by atoms with Gasteiger partial charge in [0.05, 0.1) is 11.0 Å². The Morgan fingerprint density at radius 3 is 1.79 bits per heavy atom. The fourth-order valence-corrected chi connectivity index (χ4v) is 14.4. The lowest BCUT2D eigenvalue weighted by molar-refractivity contribution is 0.457. The van der Waals surface area contributed by atoms with Crippen molar-refractivity contribution in [2.45, 2.75) is 104 Å². The third-order valence-corrected chi connectivity index (χ3v) is 18.5. The Balaban J connectivity index is 1.05. The molecule has 0 atom stereocenters. The van der Waals surface area contributed by atoms with Crippen molar-refractivity contribution in [3.63, 3.8) is 0 Å². The highest BCUT2D eigenvalue weighted by molar-refractivity contribution is 7.28. The van der Waals surface area contributed by atoms with Crippen LogP contribution < -0.4 is 11.1 Å². The summed E-state index contributed by atoms with van der Waals surface area (Å²) in [6, 6.07) is 17.0. The van der Waals surface area contributed by atoms with Crippen molar-refractivity contribution in [3.8, 4) is 19.5 Å². The summed E-state index contributed by atoms with van der Waals surface area (Å²) >= 11 is 7.19. The summed E-state index contributed by atoms with van der Waals surface area (Å²) in [7, 11) is 0. The molecule has 2 aromatic carbocycles. The monoisotopic (exact) mass is 810 g/mol. The summed E-state index contributed by atoms with van der Waals surface area (Å²) in [4.78, 5) is 48.7. The highest BCUT2D eigenvalue weighted by atomic mass is 32.1. The van der Waals surface area contributed by atoms with Crippen molar-refractivity contribution in [2.24, 2.45) is 0 Å². The molecule has 8 heterocycles. The number of fused-ring (bicyclic) bond motifs is 11. The highest BCUT2D eigenvalue weighted by Gasteiger charge is 2.41. The van der Waals surface area contributed by atoms with Crippen molar-refractivity contribution in [1.82, 2.24) is 18.8 Å². The van der Waals surface area contributed by atoms with E-state index in [9.17, 15) is 9.59 Å². The van der Waals surface area contributed by atoms with Crippen molar-refractivity contribution in [1.29, 1.82) is 0 Å². The Bertz CT molecular complexity index is 3400. The minimum absolute atomic E-state index is 0.00315. The predicted octanol–water partition coefficient (Wildman–Crippen LogP) is 13.1. The number of thiophene rings is 4. The molecule has 0 fully saturated rings. The molecule has 0 aliphatic heterocycles. The van der Waals surface area contributed by atoms with Gasteiger partial charge in [0.1, 0.15) is 21.0 Å². The van der Waals surface area contributed by atoms with Crippen molar-refractivity contribution >= 4 is 110 Å². The first-order valence-electron chi connectivity index (χ1n) is 19.8. The zero-order valence-electron chi connectivity index (χ0n) is 32.9. The molecule has 0 radical (unpaired) electrons. The molecule has 1 aliphatic carbocycles. The molecule has 8 aromatic heterocycles. The highest BCUT2D eigenvalue weighted by Crippen LogP contribution is 2.58. The summed E-state index contributed by atoms with van der Waals surface area (Å²) in [5, 5.41) is 4.55. The summed E-state index contributed by atoms with van der Waals surface area (Å²) in [5.41, 5.74) is 5.74. The summed E-state index contributed by atoms with van der Waals surface area (Å²) in [6.45, 7) is 18.5. The minimum Gasteiger partial charge on any atom is -0.268 e. The zero-order valence-corrected chi connectivity index (χ0v) is 36.2. The summed E-state index contributed by atoms with van der Waals surface area (Å²) in [6.07, 6.45) is 6.01. The van der Waals surface area contributed by atoms with Gasteiger partial charge in [-0.25, -0.2) is 9.97 Å². The maximum absolute atomic E-state index is 14.6. The van der Waals surface area contributed by atoms with E-state index in [4.69, 9.17) is 9.97 Å². The van der Waals surface area contributed by atoms with Gasteiger partial charge in [0.2, 0.25) is 0 Å². The molecule has 0 saturated carbocycles. The molecule has 0 N–H and O–H groups in total. The van der Waals surface area contributed by atoms with E-state index >= 15 is 0 Å². The molecule has 282 valence electrons. The lowest BCUT2D eigenvalue weighted by atomic mass is 9.81. The van der Waals surface area contributed by atoms with E-state index in [2.05, 4.69) is 91.8 Å². The van der Waals surface area contributed by atoms with Crippen LogP contribution in [-0.2, 0) is 16.2 Å². The molecule has 56 heavy (non-hydrogen) atoms. The van der Waals surface area contributed by atoms with E-state index < -0.39 is 0 Å². The molecular formula is C46H42N4O2S4. The number of unbranched alkanes of at least 4 members (excludes halogenated alkanes) is 2. The molecule has 1 aliphatic rings. The normalized spacial score (nSPS) is 14.7.